The molecule has 0 saturated carbocycles. The summed E-state index contributed by atoms with van der Waals surface area (Å²) in [5, 5.41) is 10.4. The molecule has 0 amide bonds. The highest BCUT2D eigenvalue weighted by Gasteiger charge is 2.22. The summed E-state index contributed by atoms with van der Waals surface area (Å²) < 4.78 is 13.6. The van der Waals surface area contributed by atoms with Gasteiger partial charge in [-0.1, -0.05) is 22.9 Å². The van der Waals surface area contributed by atoms with E-state index in [1.165, 1.54) is 6.07 Å². The first kappa shape index (κ1) is 9.36. The van der Waals surface area contributed by atoms with Gasteiger partial charge in [-0.2, -0.15) is 4.39 Å². The minimum atomic E-state index is -0.785. The molecule has 0 N–H and O–H groups in total. The fraction of sp³-hybridized carbons (Fsp3) is 0. The van der Waals surface area contributed by atoms with E-state index in [4.69, 9.17) is 11.6 Å². The van der Waals surface area contributed by atoms with Crippen LogP contribution in [-0.2, 0) is 0 Å². The normalized spacial score (nSPS) is 10.7. The molecule has 0 saturated heterocycles. The second kappa shape index (κ2) is 3.18. The van der Waals surface area contributed by atoms with Crippen LogP contribution in [0.2, 0.25) is 5.02 Å². The summed E-state index contributed by atoms with van der Waals surface area (Å²) in [5.41, 5.74) is -0.493. The fourth-order valence-corrected chi connectivity index (χ4v) is 2.25. The van der Waals surface area contributed by atoms with Crippen LogP contribution >= 0.6 is 22.9 Å². The van der Waals surface area contributed by atoms with Crippen molar-refractivity contribution in [3.05, 3.63) is 38.5 Å². The van der Waals surface area contributed by atoms with Gasteiger partial charge in [-0.3, -0.25) is 10.1 Å². The Labute approximate surface area is 86.9 Å². The highest BCUT2D eigenvalue weighted by molar-refractivity contribution is 7.18. The van der Waals surface area contributed by atoms with E-state index in [0.717, 1.165) is 11.3 Å². The number of benzene rings is 1. The lowest BCUT2D eigenvalue weighted by molar-refractivity contribution is -0.385. The molecule has 2 aromatic rings. The summed E-state index contributed by atoms with van der Waals surface area (Å²) in [6.07, 6.45) is 0. The largest absolute Gasteiger partial charge is 0.323 e. The topological polar surface area (TPSA) is 43.1 Å². The molecule has 0 bridgehead atoms. The molecule has 0 radical (unpaired) electrons. The third-order valence-corrected chi connectivity index (χ3v) is 2.95. The molecule has 0 aliphatic carbocycles. The summed E-state index contributed by atoms with van der Waals surface area (Å²) in [7, 11) is 0. The van der Waals surface area contributed by atoms with E-state index in [9.17, 15) is 14.5 Å². The minimum Gasteiger partial charge on any atom is -0.258 e. The Balaban J connectivity index is 2.86. The van der Waals surface area contributed by atoms with Gasteiger partial charge in [0.2, 0.25) is 0 Å². The number of hydrogen-bond donors (Lipinski definition) is 0. The molecule has 0 aliphatic rings. The molecule has 14 heavy (non-hydrogen) atoms. The molecule has 0 spiro atoms. The minimum absolute atomic E-state index is 0.255. The third-order valence-electron chi connectivity index (χ3n) is 1.77. The van der Waals surface area contributed by atoms with Gasteiger partial charge in [0.05, 0.1) is 10.3 Å². The van der Waals surface area contributed by atoms with Crippen molar-refractivity contribution in [2.75, 3.05) is 0 Å². The van der Waals surface area contributed by atoms with Crippen molar-refractivity contribution in [3.63, 3.8) is 0 Å². The Kier molecular flexibility index (Phi) is 2.13. The Bertz CT molecular complexity index is 525. The fourth-order valence-electron chi connectivity index (χ4n) is 1.20. The van der Waals surface area contributed by atoms with Gasteiger partial charge < -0.3 is 0 Å². The molecule has 1 heterocycles. The number of fused-ring (bicyclic) bond motifs is 1. The Morgan fingerprint density at radius 3 is 2.86 bits per heavy atom. The van der Waals surface area contributed by atoms with E-state index in [-0.39, 0.29) is 5.39 Å². The summed E-state index contributed by atoms with van der Waals surface area (Å²) >= 11 is 6.41. The maximum atomic E-state index is 13.1. The molecule has 1 aromatic heterocycles. The van der Waals surface area contributed by atoms with Crippen molar-refractivity contribution >= 4 is 38.7 Å². The van der Waals surface area contributed by atoms with Gasteiger partial charge in [0.15, 0.2) is 0 Å². The van der Waals surface area contributed by atoms with Crippen molar-refractivity contribution in [2.24, 2.45) is 0 Å². The van der Waals surface area contributed by atoms with Crippen LogP contribution < -0.4 is 0 Å². The lowest BCUT2D eigenvalue weighted by Crippen LogP contribution is -1.87. The molecule has 0 fully saturated rings. The first-order valence-corrected chi connectivity index (χ1v) is 4.81. The van der Waals surface area contributed by atoms with Crippen LogP contribution in [0.1, 0.15) is 0 Å². The van der Waals surface area contributed by atoms with E-state index in [2.05, 4.69) is 0 Å². The quantitative estimate of drug-likeness (QED) is 0.556. The van der Waals surface area contributed by atoms with Crippen molar-refractivity contribution in [1.82, 2.24) is 0 Å². The number of halogens is 2. The Hall–Kier alpha value is -1.20. The van der Waals surface area contributed by atoms with Crippen LogP contribution in [-0.4, -0.2) is 4.92 Å². The molecule has 2 rings (SSSR count). The van der Waals surface area contributed by atoms with Crippen LogP contribution in [0.5, 0.6) is 0 Å². The number of hydrogen-bond acceptors (Lipinski definition) is 3. The molecule has 0 aliphatic heterocycles. The number of nitro groups is 1. The van der Waals surface area contributed by atoms with Gasteiger partial charge in [-0.15, -0.1) is 0 Å². The van der Waals surface area contributed by atoms with Crippen molar-refractivity contribution < 1.29 is 9.31 Å². The van der Waals surface area contributed by atoms with Gasteiger partial charge in [-0.25, -0.2) is 0 Å². The summed E-state index contributed by atoms with van der Waals surface area (Å²) in [6, 6.07) is 4.54. The van der Waals surface area contributed by atoms with Crippen LogP contribution in [0.15, 0.2) is 18.2 Å². The highest BCUT2D eigenvalue weighted by atomic mass is 35.5. The molecule has 0 unspecified atom stereocenters. The van der Waals surface area contributed by atoms with E-state index in [1.807, 2.05) is 0 Å². The highest BCUT2D eigenvalue weighted by Crippen LogP contribution is 2.37. The van der Waals surface area contributed by atoms with Crippen molar-refractivity contribution in [1.29, 1.82) is 0 Å². The molecular formula is C8H3ClFNO2S. The SMILES string of the molecule is O=[N+]([O-])c1c(F)sc2ccc(Cl)cc12. The number of rotatable bonds is 1. The molecule has 0 atom stereocenters. The number of thiophene rings is 1. The standard InChI is InChI=1S/C8H3ClFNO2S/c9-4-1-2-6-5(3-4)7(11(12)13)8(10)14-6/h1-3H. The van der Waals surface area contributed by atoms with E-state index >= 15 is 0 Å². The van der Waals surface area contributed by atoms with Crippen molar-refractivity contribution in [2.45, 2.75) is 0 Å². The maximum Gasteiger partial charge on any atom is 0.323 e. The monoisotopic (exact) mass is 231 g/mol. The summed E-state index contributed by atoms with van der Waals surface area (Å²) in [6.45, 7) is 0. The predicted octanol–water partition coefficient (Wildman–Crippen LogP) is 3.60. The van der Waals surface area contributed by atoms with Crippen molar-refractivity contribution in [3.8, 4) is 0 Å². The molecule has 72 valence electrons. The van der Waals surface area contributed by atoms with Gasteiger partial charge in [0.1, 0.15) is 0 Å². The van der Waals surface area contributed by atoms with Gasteiger partial charge >= 0.3 is 5.69 Å². The van der Waals surface area contributed by atoms with E-state index in [0.29, 0.717) is 9.72 Å². The average molecular weight is 232 g/mol. The predicted molar refractivity (Wildman–Crippen MR) is 53.4 cm³/mol. The van der Waals surface area contributed by atoms with E-state index < -0.39 is 15.7 Å². The van der Waals surface area contributed by atoms with Crippen LogP contribution in [0, 0.1) is 15.2 Å². The van der Waals surface area contributed by atoms with Gasteiger partial charge in [0, 0.05) is 9.72 Å². The van der Waals surface area contributed by atoms with Gasteiger partial charge in [0.25, 0.3) is 5.13 Å². The Morgan fingerprint density at radius 1 is 1.50 bits per heavy atom. The zero-order chi connectivity index (χ0) is 10.3. The van der Waals surface area contributed by atoms with Crippen LogP contribution in [0.4, 0.5) is 10.1 Å². The van der Waals surface area contributed by atoms with Gasteiger partial charge in [-0.05, 0) is 18.2 Å². The first-order chi connectivity index (χ1) is 6.59. The zero-order valence-electron chi connectivity index (χ0n) is 6.66. The maximum absolute atomic E-state index is 13.1. The van der Waals surface area contributed by atoms with Crippen LogP contribution in [0.25, 0.3) is 10.1 Å². The zero-order valence-corrected chi connectivity index (χ0v) is 8.23. The average Bonchev–Trinajstić information content (AvgIpc) is 2.40. The Morgan fingerprint density at radius 2 is 2.21 bits per heavy atom. The third kappa shape index (κ3) is 1.34. The lowest BCUT2D eigenvalue weighted by Gasteiger charge is -1.90. The van der Waals surface area contributed by atoms with E-state index in [1.54, 1.807) is 12.1 Å². The summed E-state index contributed by atoms with van der Waals surface area (Å²) in [5.74, 6) is 0. The summed E-state index contributed by atoms with van der Waals surface area (Å²) in [4.78, 5) is 9.81. The second-order valence-corrected chi connectivity index (χ2v) is 4.06. The first-order valence-electron chi connectivity index (χ1n) is 3.61. The molecule has 6 heteroatoms. The number of nitrogens with zero attached hydrogens (tertiary/aromatic N) is 1. The smallest absolute Gasteiger partial charge is 0.258 e. The molecular weight excluding hydrogens is 229 g/mol. The molecule has 1 aromatic carbocycles. The van der Waals surface area contributed by atoms with Crippen LogP contribution in [0.3, 0.4) is 0 Å². The second-order valence-electron chi connectivity index (χ2n) is 2.62. The lowest BCUT2D eigenvalue weighted by atomic mass is 10.2. The molecule has 3 nitrogen and oxygen atoms in total.